The summed E-state index contributed by atoms with van der Waals surface area (Å²) in [6.07, 6.45) is 6.19. The average molecular weight is 345 g/mol. The molecule has 1 aliphatic rings. The summed E-state index contributed by atoms with van der Waals surface area (Å²) < 4.78 is 5.62. The van der Waals surface area contributed by atoms with E-state index >= 15 is 0 Å². The number of amides is 1. The monoisotopic (exact) mass is 345 g/mol. The molecular formula is C18H23N3O2S. The third-order valence-electron chi connectivity index (χ3n) is 4.34. The Kier molecular flexibility index (Phi) is 5.45. The number of aryl methyl sites for hydroxylation is 2. The van der Waals surface area contributed by atoms with Crippen LogP contribution in [0.5, 0.6) is 5.75 Å². The minimum absolute atomic E-state index is 0.0252. The highest BCUT2D eigenvalue weighted by atomic mass is 32.1. The standard InChI is InChI=1S/C18H23N3O2S/c1-12-8-9-13(2)15(10-12)23-11-16(22)19-18-21-20-17(24-18)14-6-4-3-5-7-14/h8-10,14H,3-7,11H2,1-2H3,(H,19,21,22). The molecule has 1 aromatic carbocycles. The van der Waals surface area contributed by atoms with Gasteiger partial charge in [-0.2, -0.15) is 0 Å². The van der Waals surface area contributed by atoms with Crippen molar-refractivity contribution in [3.05, 3.63) is 34.3 Å². The molecule has 1 fully saturated rings. The lowest BCUT2D eigenvalue weighted by Gasteiger charge is -2.18. The fraction of sp³-hybridized carbons (Fsp3) is 0.500. The summed E-state index contributed by atoms with van der Waals surface area (Å²) in [7, 11) is 0. The predicted molar refractivity (Wildman–Crippen MR) is 95.8 cm³/mol. The van der Waals surface area contributed by atoms with Crippen molar-refractivity contribution >= 4 is 22.4 Å². The topological polar surface area (TPSA) is 64.1 Å². The lowest BCUT2D eigenvalue weighted by atomic mass is 9.90. The molecule has 24 heavy (non-hydrogen) atoms. The highest BCUT2D eigenvalue weighted by Crippen LogP contribution is 2.35. The zero-order valence-corrected chi connectivity index (χ0v) is 15.0. The van der Waals surface area contributed by atoms with E-state index in [1.165, 1.54) is 43.4 Å². The molecule has 1 saturated carbocycles. The molecular weight excluding hydrogens is 322 g/mol. The zero-order chi connectivity index (χ0) is 16.9. The summed E-state index contributed by atoms with van der Waals surface area (Å²) in [5.41, 5.74) is 2.13. The average Bonchev–Trinajstić information content (AvgIpc) is 3.05. The fourth-order valence-electron chi connectivity index (χ4n) is 2.96. The van der Waals surface area contributed by atoms with Gasteiger partial charge in [-0.15, -0.1) is 10.2 Å². The molecule has 1 aromatic heterocycles. The van der Waals surface area contributed by atoms with E-state index in [1.807, 2.05) is 32.0 Å². The molecule has 2 aromatic rings. The van der Waals surface area contributed by atoms with Gasteiger partial charge in [0.2, 0.25) is 5.13 Å². The largest absolute Gasteiger partial charge is 0.483 e. The van der Waals surface area contributed by atoms with Crippen LogP contribution in [0.1, 0.15) is 54.2 Å². The van der Waals surface area contributed by atoms with E-state index in [1.54, 1.807) is 0 Å². The molecule has 0 aliphatic heterocycles. The maximum atomic E-state index is 12.1. The maximum Gasteiger partial charge on any atom is 0.264 e. The molecule has 3 rings (SSSR count). The van der Waals surface area contributed by atoms with Crippen molar-refractivity contribution in [1.29, 1.82) is 0 Å². The van der Waals surface area contributed by atoms with Gasteiger partial charge in [0.1, 0.15) is 10.8 Å². The summed E-state index contributed by atoms with van der Waals surface area (Å²) in [4.78, 5) is 12.1. The summed E-state index contributed by atoms with van der Waals surface area (Å²) in [5, 5.41) is 12.7. The van der Waals surface area contributed by atoms with Crippen molar-refractivity contribution in [1.82, 2.24) is 10.2 Å². The van der Waals surface area contributed by atoms with Crippen molar-refractivity contribution in [2.24, 2.45) is 0 Å². The van der Waals surface area contributed by atoms with Crippen molar-refractivity contribution in [3.63, 3.8) is 0 Å². The van der Waals surface area contributed by atoms with Gasteiger partial charge in [0.25, 0.3) is 5.91 Å². The Hall–Kier alpha value is -1.95. The SMILES string of the molecule is Cc1ccc(C)c(OCC(=O)Nc2nnc(C3CCCCC3)s2)c1. The first-order valence-corrected chi connectivity index (χ1v) is 9.27. The zero-order valence-electron chi connectivity index (χ0n) is 14.2. The summed E-state index contributed by atoms with van der Waals surface area (Å²) in [5.74, 6) is 1.04. The molecule has 1 aliphatic carbocycles. The number of anilines is 1. The molecule has 0 bridgehead atoms. The highest BCUT2D eigenvalue weighted by molar-refractivity contribution is 7.15. The van der Waals surface area contributed by atoms with Crippen molar-refractivity contribution in [3.8, 4) is 5.75 Å². The Bertz CT molecular complexity index is 708. The summed E-state index contributed by atoms with van der Waals surface area (Å²) >= 11 is 1.49. The lowest BCUT2D eigenvalue weighted by Crippen LogP contribution is -2.20. The van der Waals surface area contributed by atoms with Gasteiger partial charge in [0.15, 0.2) is 6.61 Å². The van der Waals surface area contributed by atoms with E-state index in [0.717, 1.165) is 21.9 Å². The number of carbonyl (C=O) groups excluding carboxylic acids is 1. The predicted octanol–water partition coefficient (Wildman–Crippen LogP) is 4.22. The highest BCUT2D eigenvalue weighted by Gasteiger charge is 2.20. The van der Waals surface area contributed by atoms with E-state index in [9.17, 15) is 4.79 Å². The molecule has 0 spiro atoms. The van der Waals surface area contributed by atoms with E-state index in [0.29, 0.717) is 11.0 Å². The molecule has 1 heterocycles. The Labute approximate surface area is 146 Å². The second-order valence-corrected chi connectivity index (χ2v) is 7.40. The quantitative estimate of drug-likeness (QED) is 0.881. The van der Waals surface area contributed by atoms with E-state index in [4.69, 9.17) is 4.74 Å². The molecule has 0 saturated heterocycles. The fourth-order valence-corrected chi connectivity index (χ4v) is 3.89. The maximum absolute atomic E-state index is 12.1. The van der Waals surface area contributed by atoms with Crippen LogP contribution in [0, 0.1) is 13.8 Å². The third kappa shape index (κ3) is 4.32. The normalized spacial score (nSPS) is 15.2. The van der Waals surface area contributed by atoms with Crippen molar-refractivity contribution < 1.29 is 9.53 Å². The Morgan fingerprint density at radius 3 is 2.83 bits per heavy atom. The van der Waals surface area contributed by atoms with Gasteiger partial charge in [-0.05, 0) is 43.9 Å². The number of benzene rings is 1. The first-order valence-electron chi connectivity index (χ1n) is 8.45. The first-order chi connectivity index (χ1) is 11.6. The minimum atomic E-state index is -0.206. The Morgan fingerprint density at radius 2 is 2.04 bits per heavy atom. The first kappa shape index (κ1) is 16.9. The van der Waals surface area contributed by atoms with Gasteiger partial charge < -0.3 is 4.74 Å². The second-order valence-electron chi connectivity index (χ2n) is 6.39. The number of aromatic nitrogens is 2. The number of nitrogens with zero attached hydrogens (tertiary/aromatic N) is 2. The van der Waals surface area contributed by atoms with Crippen LogP contribution in [0.4, 0.5) is 5.13 Å². The number of nitrogens with one attached hydrogen (secondary N) is 1. The molecule has 0 radical (unpaired) electrons. The van der Waals surface area contributed by atoms with E-state index < -0.39 is 0 Å². The molecule has 6 heteroatoms. The van der Waals surface area contributed by atoms with Crippen LogP contribution in [0.15, 0.2) is 18.2 Å². The van der Waals surface area contributed by atoms with Gasteiger partial charge in [0, 0.05) is 5.92 Å². The van der Waals surface area contributed by atoms with Crippen molar-refractivity contribution in [2.45, 2.75) is 51.9 Å². The van der Waals surface area contributed by atoms with E-state index in [2.05, 4.69) is 15.5 Å². The number of hydrogen-bond donors (Lipinski definition) is 1. The number of hydrogen-bond acceptors (Lipinski definition) is 5. The van der Waals surface area contributed by atoms with Gasteiger partial charge in [-0.3, -0.25) is 10.1 Å². The molecule has 1 amide bonds. The molecule has 0 atom stereocenters. The van der Waals surface area contributed by atoms with Crippen LogP contribution in [0.25, 0.3) is 0 Å². The van der Waals surface area contributed by atoms with Gasteiger partial charge in [-0.25, -0.2) is 0 Å². The third-order valence-corrected chi connectivity index (χ3v) is 5.34. The number of carbonyl (C=O) groups is 1. The number of rotatable bonds is 5. The lowest BCUT2D eigenvalue weighted by molar-refractivity contribution is -0.118. The Morgan fingerprint density at radius 1 is 1.25 bits per heavy atom. The molecule has 0 unspecified atom stereocenters. The van der Waals surface area contributed by atoms with Gasteiger partial charge in [0.05, 0.1) is 0 Å². The van der Waals surface area contributed by atoms with Crippen LogP contribution < -0.4 is 10.1 Å². The number of ether oxygens (including phenoxy) is 1. The smallest absolute Gasteiger partial charge is 0.264 e. The van der Waals surface area contributed by atoms with Crippen LogP contribution >= 0.6 is 11.3 Å². The van der Waals surface area contributed by atoms with Gasteiger partial charge >= 0.3 is 0 Å². The van der Waals surface area contributed by atoms with Crippen LogP contribution in [0.3, 0.4) is 0 Å². The van der Waals surface area contributed by atoms with Gasteiger partial charge in [-0.1, -0.05) is 42.7 Å². The Balaban J connectivity index is 1.53. The summed E-state index contributed by atoms with van der Waals surface area (Å²) in [6, 6.07) is 5.95. The summed E-state index contributed by atoms with van der Waals surface area (Å²) in [6.45, 7) is 3.94. The molecule has 5 nitrogen and oxygen atoms in total. The van der Waals surface area contributed by atoms with Crippen LogP contribution in [0.2, 0.25) is 0 Å². The molecule has 128 valence electrons. The van der Waals surface area contributed by atoms with Crippen LogP contribution in [-0.4, -0.2) is 22.7 Å². The minimum Gasteiger partial charge on any atom is -0.483 e. The van der Waals surface area contributed by atoms with Crippen LogP contribution in [-0.2, 0) is 4.79 Å². The molecule has 1 N–H and O–H groups in total. The second kappa shape index (κ2) is 7.75. The van der Waals surface area contributed by atoms with E-state index in [-0.39, 0.29) is 12.5 Å². The van der Waals surface area contributed by atoms with Crippen molar-refractivity contribution in [2.75, 3.05) is 11.9 Å².